The van der Waals surface area contributed by atoms with Gasteiger partial charge in [0, 0.05) is 18.7 Å². The SMILES string of the molecule is CC(C)(C)CCOCCN(C(C)(C)C)S(=O)(=O)c1ccccc1. The third-order valence-corrected chi connectivity index (χ3v) is 5.69. The topological polar surface area (TPSA) is 46.6 Å². The molecule has 0 heterocycles. The standard InChI is InChI=1S/C18H31NO3S/c1-17(2,3)12-14-22-15-13-19(18(4,5)6)23(20,21)16-10-8-7-9-11-16/h7-11H,12-15H2,1-6H3. The fraction of sp³-hybridized carbons (Fsp3) is 0.667. The predicted octanol–water partition coefficient (Wildman–Crippen LogP) is 3.93. The average molecular weight is 342 g/mol. The van der Waals surface area contributed by atoms with Gasteiger partial charge in [0.2, 0.25) is 10.0 Å². The summed E-state index contributed by atoms with van der Waals surface area (Å²) < 4.78 is 32.9. The van der Waals surface area contributed by atoms with E-state index in [-0.39, 0.29) is 5.41 Å². The van der Waals surface area contributed by atoms with Gasteiger partial charge in [0.25, 0.3) is 0 Å². The first kappa shape index (κ1) is 20.1. The van der Waals surface area contributed by atoms with Gasteiger partial charge in [0.15, 0.2) is 0 Å². The molecule has 1 aromatic rings. The van der Waals surface area contributed by atoms with E-state index in [1.54, 1.807) is 24.3 Å². The lowest BCUT2D eigenvalue weighted by Gasteiger charge is -2.34. The maximum atomic E-state index is 12.9. The molecular weight excluding hydrogens is 310 g/mol. The number of ether oxygens (including phenoxy) is 1. The van der Waals surface area contributed by atoms with Crippen LogP contribution in [0.2, 0.25) is 0 Å². The Morgan fingerprint density at radius 3 is 2.00 bits per heavy atom. The molecule has 0 N–H and O–H groups in total. The average Bonchev–Trinajstić information content (AvgIpc) is 2.40. The van der Waals surface area contributed by atoms with Crippen LogP contribution in [0, 0.1) is 5.41 Å². The van der Waals surface area contributed by atoms with Gasteiger partial charge in [0.05, 0.1) is 11.5 Å². The lowest BCUT2D eigenvalue weighted by atomic mass is 9.93. The monoisotopic (exact) mass is 341 g/mol. The van der Waals surface area contributed by atoms with Crippen LogP contribution in [-0.4, -0.2) is 38.0 Å². The first-order valence-electron chi connectivity index (χ1n) is 8.10. The van der Waals surface area contributed by atoms with Gasteiger partial charge in [-0.3, -0.25) is 0 Å². The second-order valence-electron chi connectivity index (χ2n) is 7.98. The molecule has 0 bridgehead atoms. The molecular formula is C18H31NO3S. The second-order valence-corrected chi connectivity index (χ2v) is 9.85. The summed E-state index contributed by atoms with van der Waals surface area (Å²) in [6, 6.07) is 8.57. The Morgan fingerprint density at radius 1 is 0.957 bits per heavy atom. The minimum absolute atomic E-state index is 0.222. The van der Waals surface area contributed by atoms with E-state index in [1.807, 2.05) is 26.8 Å². The van der Waals surface area contributed by atoms with Gasteiger partial charge in [-0.15, -0.1) is 0 Å². The molecule has 0 saturated heterocycles. The highest BCUT2D eigenvalue weighted by molar-refractivity contribution is 7.89. The minimum atomic E-state index is -3.52. The van der Waals surface area contributed by atoms with Gasteiger partial charge in [-0.1, -0.05) is 39.0 Å². The van der Waals surface area contributed by atoms with Crippen molar-refractivity contribution < 1.29 is 13.2 Å². The first-order valence-corrected chi connectivity index (χ1v) is 9.54. The summed E-state index contributed by atoms with van der Waals surface area (Å²) in [6.07, 6.45) is 0.952. The highest BCUT2D eigenvalue weighted by Gasteiger charge is 2.33. The number of benzene rings is 1. The summed E-state index contributed by atoms with van der Waals surface area (Å²) in [4.78, 5) is 0.324. The molecule has 0 aliphatic rings. The molecule has 0 saturated carbocycles. The molecule has 4 nitrogen and oxygen atoms in total. The molecule has 132 valence electrons. The molecule has 0 atom stereocenters. The van der Waals surface area contributed by atoms with Crippen molar-refractivity contribution in [2.75, 3.05) is 19.8 Å². The van der Waals surface area contributed by atoms with Crippen LogP contribution in [-0.2, 0) is 14.8 Å². The number of hydrogen-bond acceptors (Lipinski definition) is 3. The van der Waals surface area contributed by atoms with Gasteiger partial charge < -0.3 is 4.74 Å². The van der Waals surface area contributed by atoms with Gasteiger partial charge in [0.1, 0.15) is 0 Å². The minimum Gasteiger partial charge on any atom is -0.380 e. The van der Waals surface area contributed by atoms with E-state index in [4.69, 9.17) is 4.74 Å². The van der Waals surface area contributed by atoms with Gasteiger partial charge in [-0.05, 0) is 44.7 Å². The van der Waals surface area contributed by atoms with Crippen LogP contribution in [0.4, 0.5) is 0 Å². The molecule has 5 heteroatoms. The van der Waals surface area contributed by atoms with E-state index in [0.29, 0.717) is 24.7 Å². The Balaban J connectivity index is 2.75. The molecule has 0 aromatic heterocycles. The summed E-state index contributed by atoms with van der Waals surface area (Å²) in [7, 11) is -3.52. The van der Waals surface area contributed by atoms with Gasteiger partial charge in [-0.2, -0.15) is 4.31 Å². The predicted molar refractivity (Wildman–Crippen MR) is 95.0 cm³/mol. The molecule has 1 aromatic carbocycles. The van der Waals surface area contributed by atoms with Crippen LogP contribution in [0.3, 0.4) is 0 Å². The normalized spacial score (nSPS) is 13.5. The molecule has 0 radical (unpaired) electrons. The largest absolute Gasteiger partial charge is 0.380 e. The van der Waals surface area contributed by atoms with Crippen molar-refractivity contribution in [3.8, 4) is 0 Å². The van der Waals surface area contributed by atoms with E-state index in [1.165, 1.54) is 4.31 Å². The van der Waals surface area contributed by atoms with Crippen molar-refractivity contribution >= 4 is 10.0 Å². The van der Waals surface area contributed by atoms with E-state index in [0.717, 1.165) is 6.42 Å². The van der Waals surface area contributed by atoms with E-state index in [2.05, 4.69) is 20.8 Å². The van der Waals surface area contributed by atoms with Crippen LogP contribution in [0.15, 0.2) is 35.2 Å². The molecule has 0 aliphatic carbocycles. The molecule has 0 spiro atoms. The fourth-order valence-corrected chi connectivity index (χ4v) is 3.96. The Morgan fingerprint density at radius 2 is 1.52 bits per heavy atom. The Bertz CT molecular complexity index is 569. The number of sulfonamides is 1. The molecule has 1 rings (SSSR count). The smallest absolute Gasteiger partial charge is 0.243 e. The zero-order chi connectivity index (χ0) is 17.7. The summed E-state index contributed by atoms with van der Waals surface area (Å²) in [6.45, 7) is 13.6. The number of nitrogens with zero attached hydrogens (tertiary/aromatic N) is 1. The highest BCUT2D eigenvalue weighted by atomic mass is 32.2. The van der Waals surface area contributed by atoms with Crippen molar-refractivity contribution in [1.29, 1.82) is 0 Å². The number of rotatable bonds is 7. The van der Waals surface area contributed by atoms with Gasteiger partial charge >= 0.3 is 0 Å². The van der Waals surface area contributed by atoms with Crippen molar-refractivity contribution in [2.45, 2.75) is 58.4 Å². The third-order valence-electron chi connectivity index (χ3n) is 3.51. The van der Waals surface area contributed by atoms with Crippen molar-refractivity contribution in [3.05, 3.63) is 30.3 Å². The Kier molecular flexibility index (Phi) is 6.81. The maximum Gasteiger partial charge on any atom is 0.243 e. The quantitative estimate of drug-likeness (QED) is 0.706. The van der Waals surface area contributed by atoms with Crippen molar-refractivity contribution in [3.63, 3.8) is 0 Å². The van der Waals surface area contributed by atoms with Crippen LogP contribution >= 0.6 is 0 Å². The lowest BCUT2D eigenvalue weighted by molar-refractivity contribution is 0.0869. The summed E-state index contributed by atoms with van der Waals surface area (Å²) >= 11 is 0. The van der Waals surface area contributed by atoms with Crippen molar-refractivity contribution in [2.24, 2.45) is 5.41 Å². The van der Waals surface area contributed by atoms with Crippen LogP contribution < -0.4 is 0 Å². The molecule has 0 fully saturated rings. The lowest BCUT2D eigenvalue weighted by Crippen LogP contribution is -2.47. The van der Waals surface area contributed by atoms with E-state index < -0.39 is 15.6 Å². The van der Waals surface area contributed by atoms with Crippen molar-refractivity contribution in [1.82, 2.24) is 4.31 Å². The third kappa shape index (κ3) is 6.61. The molecule has 23 heavy (non-hydrogen) atoms. The van der Waals surface area contributed by atoms with Crippen LogP contribution in [0.5, 0.6) is 0 Å². The summed E-state index contributed by atoms with van der Waals surface area (Å²) in [5, 5.41) is 0. The van der Waals surface area contributed by atoms with Crippen LogP contribution in [0.25, 0.3) is 0 Å². The van der Waals surface area contributed by atoms with E-state index in [9.17, 15) is 8.42 Å². The molecule has 0 aliphatic heterocycles. The Labute approximate surface area is 141 Å². The zero-order valence-corrected chi connectivity index (χ0v) is 16.1. The highest BCUT2D eigenvalue weighted by Crippen LogP contribution is 2.24. The molecule has 0 unspecified atom stereocenters. The Hall–Kier alpha value is -0.910. The zero-order valence-electron chi connectivity index (χ0n) is 15.3. The van der Waals surface area contributed by atoms with Crippen LogP contribution in [0.1, 0.15) is 48.0 Å². The molecule has 0 amide bonds. The summed E-state index contributed by atoms with van der Waals surface area (Å²) in [5.41, 5.74) is -0.276. The second kappa shape index (κ2) is 7.77. The summed E-state index contributed by atoms with van der Waals surface area (Å²) in [5.74, 6) is 0. The number of hydrogen-bond donors (Lipinski definition) is 0. The van der Waals surface area contributed by atoms with Gasteiger partial charge in [-0.25, -0.2) is 8.42 Å². The van der Waals surface area contributed by atoms with E-state index >= 15 is 0 Å². The maximum absolute atomic E-state index is 12.9. The fourth-order valence-electron chi connectivity index (χ4n) is 2.16. The first-order chi connectivity index (χ1) is 10.4.